The van der Waals surface area contributed by atoms with Gasteiger partial charge in [0.2, 0.25) is 0 Å². The van der Waals surface area contributed by atoms with Crippen molar-refractivity contribution in [1.82, 2.24) is 4.31 Å². The van der Waals surface area contributed by atoms with E-state index in [1.807, 2.05) is 6.92 Å². The molecule has 6 nitrogen and oxygen atoms in total. The van der Waals surface area contributed by atoms with E-state index >= 15 is 0 Å². The molecular weight excluding hydrogens is 312 g/mol. The third-order valence-electron chi connectivity index (χ3n) is 2.24. The second-order valence-corrected chi connectivity index (χ2v) is 7.45. The Morgan fingerprint density at radius 2 is 2.26 bits per heavy atom. The van der Waals surface area contributed by atoms with Crippen molar-refractivity contribution in [2.75, 3.05) is 13.1 Å². The average Bonchev–Trinajstić information content (AvgIpc) is 2.72. The molecule has 0 N–H and O–H groups in total. The number of hydrogen-bond donors (Lipinski definition) is 0. The van der Waals surface area contributed by atoms with Crippen molar-refractivity contribution >= 4 is 38.6 Å². The minimum atomic E-state index is -3.77. The van der Waals surface area contributed by atoms with Crippen molar-refractivity contribution in [3.63, 3.8) is 0 Å². The van der Waals surface area contributed by atoms with E-state index in [1.165, 1.54) is 10.4 Å². The van der Waals surface area contributed by atoms with Gasteiger partial charge in [-0.2, -0.15) is 4.31 Å². The third-order valence-corrected chi connectivity index (χ3v) is 5.89. The summed E-state index contributed by atoms with van der Waals surface area (Å²) in [6.07, 6.45) is 2.10. The van der Waals surface area contributed by atoms with Crippen molar-refractivity contribution in [2.24, 2.45) is 0 Å². The van der Waals surface area contributed by atoms with Gasteiger partial charge in [0.25, 0.3) is 15.7 Å². The van der Waals surface area contributed by atoms with Crippen LogP contribution in [0.5, 0.6) is 0 Å². The molecule has 0 saturated heterocycles. The van der Waals surface area contributed by atoms with E-state index in [9.17, 15) is 18.5 Å². The molecule has 0 radical (unpaired) electrons. The minimum Gasteiger partial charge on any atom is -0.258 e. The van der Waals surface area contributed by atoms with Crippen molar-refractivity contribution in [3.05, 3.63) is 33.2 Å². The molecule has 0 atom stereocenters. The number of nitrogens with zero attached hydrogens (tertiary/aromatic N) is 2. The van der Waals surface area contributed by atoms with Gasteiger partial charge in [-0.1, -0.05) is 24.6 Å². The Kier molecular flexibility index (Phi) is 5.48. The molecule has 0 saturated carbocycles. The van der Waals surface area contributed by atoms with Gasteiger partial charge in [0, 0.05) is 19.2 Å². The predicted molar refractivity (Wildman–Crippen MR) is 75.2 cm³/mol. The van der Waals surface area contributed by atoms with Gasteiger partial charge < -0.3 is 0 Å². The van der Waals surface area contributed by atoms with Crippen LogP contribution < -0.4 is 0 Å². The summed E-state index contributed by atoms with van der Waals surface area (Å²) in [4.78, 5) is 9.99. The first kappa shape index (κ1) is 16.1. The zero-order valence-corrected chi connectivity index (χ0v) is 12.6. The van der Waals surface area contributed by atoms with Crippen LogP contribution in [0.4, 0.5) is 5.69 Å². The first-order chi connectivity index (χ1) is 8.84. The molecule has 9 heteroatoms. The molecule has 0 aliphatic heterocycles. The zero-order valence-electron chi connectivity index (χ0n) is 10.2. The van der Waals surface area contributed by atoms with Crippen LogP contribution in [-0.4, -0.2) is 30.7 Å². The van der Waals surface area contributed by atoms with Gasteiger partial charge in [0.05, 0.1) is 4.92 Å². The quantitative estimate of drug-likeness (QED) is 0.439. The number of thiophene rings is 1. The van der Waals surface area contributed by atoms with Gasteiger partial charge in [-0.3, -0.25) is 10.1 Å². The first-order valence-electron chi connectivity index (χ1n) is 5.39. The van der Waals surface area contributed by atoms with Crippen LogP contribution in [0.25, 0.3) is 0 Å². The van der Waals surface area contributed by atoms with Gasteiger partial charge >= 0.3 is 0 Å². The fourth-order valence-electron chi connectivity index (χ4n) is 1.42. The Labute approximate surface area is 120 Å². The number of nitro groups is 1. The Balaban J connectivity index is 3.21. The highest BCUT2D eigenvalue weighted by Gasteiger charge is 2.29. The number of halogens is 1. The Morgan fingerprint density at radius 1 is 1.63 bits per heavy atom. The zero-order chi connectivity index (χ0) is 14.6. The highest BCUT2D eigenvalue weighted by atomic mass is 35.5. The van der Waals surface area contributed by atoms with Crippen LogP contribution in [0.2, 0.25) is 4.34 Å². The molecule has 0 amide bonds. The van der Waals surface area contributed by atoms with Crippen LogP contribution in [0, 0.1) is 10.1 Å². The second-order valence-electron chi connectivity index (χ2n) is 3.63. The predicted octanol–water partition coefficient (Wildman–Crippen LogP) is 2.90. The van der Waals surface area contributed by atoms with Crippen LogP contribution in [0.1, 0.15) is 13.3 Å². The lowest BCUT2D eigenvalue weighted by atomic mass is 10.5. The van der Waals surface area contributed by atoms with Gasteiger partial charge in [0.15, 0.2) is 4.34 Å². The molecule has 0 aliphatic carbocycles. The topological polar surface area (TPSA) is 80.5 Å². The van der Waals surface area contributed by atoms with Crippen LogP contribution in [0.3, 0.4) is 0 Å². The summed E-state index contributed by atoms with van der Waals surface area (Å²) >= 11 is 6.37. The summed E-state index contributed by atoms with van der Waals surface area (Å²) in [5.41, 5.74) is -0.389. The summed E-state index contributed by atoms with van der Waals surface area (Å²) in [5.74, 6) is 0. The summed E-state index contributed by atoms with van der Waals surface area (Å²) in [6.45, 7) is 5.82. The van der Waals surface area contributed by atoms with E-state index in [4.69, 9.17) is 11.6 Å². The maximum Gasteiger partial charge on any atom is 0.300 e. The summed E-state index contributed by atoms with van der Waals surface area (Å²) in [5, 5.41) is 10.7. The molecule has 19 heavy (non-hydrogen) atoms. The summed E-state index contributed by atoms with van der Waals surface area (Å²) < 4.78 is 25.6. The molecular formula is C10H13ClN2O4S2. The molecule has 0 aromatic carbocycles. The molecule has 0 fully saturated rings. The number of rotatable bonds is 7. The summed E-state index contributed by atoms with van der Waals surface area (Å²) in [6, 6.07) is 0.994. The van der Waals surface area contributed by atoms with E-state index in [0.29, 0.717) is 24.3 Å². The fourth-order valence-corrected chi connectivity index (χ4v) is 4.74. The highest BCUT2D eigenvalue weighted by molar-refractivity contribution is 7.91. The SMILES string of the molecule is C=CCN(CCC)S(=O)(=O)c1cc([N+](=O)[O-])c(Cl)s1. The molecule has 1 rings (SSSR count). The molecule has 0 bridgehead atoms. The van der Waals surface area contributed by atoms with Gasteiger partial charge in [-0.25, -0.2) is 8.42 Å². The smallest absolute Gasteiger partial charge is 0.258 e. The van der Waals surface area contributed by atoms with Crippen molar-refractivity contribution < 1.29 is 13.3 Å². The lowest BCUT2D eigenvalue weighted by Gasteiger charge is -2.18. The van der Waals surface area contributed by atoms with E-state index in [1.54, 1.807) is 0 Å². The third kappa shape index (κ3) is 3.53. The molecule has 0 aliphatic rings. The van der Waals surface area contributed by atoms with E-state index in [0.717, 1.165) is 6.07 Å². The van der Waals surface area contributed by atoms with Crippen molar-refractivity contribution in [1.29, 1.82) is 0 Å². The number of hydrogen-bond acceptors (Lipinski definition) is 5. The lowest BCUT2D eigenvalue weighted by Crippen LogP contribution is -2.31. The second kappa shape index (κ2) is 6.47. The van der Waals surface area contributed by atoms with Crippen molar-refractivity contribution in [3.8, 4) is 0 Å². The van der Waals surface area contributed by atoms with Crippen LogP contribution >= 0.6 is 22.9 Å². The molecule has 1 aromatic heterocycles. The van der Waals surface area contributed by atoms with Crippen molar-refractivity contribution in [2.45, 2.75) is 17.6 Å². The standard InChI is InChI=1S/C10H13ClN2O4S2/c1-3-5-12(6-4-2)19(16,17)9-7-8(13(14)15)10(11)18-9/h3,7H,1,4-6H2,2H3. The molecule has 106 valence electrons. The molecule has 0 unspecified atom stereocenters. The Morgan fingerprint density at radius 3 is 2.68 bits per heavy atom. The van der Waals surface area contributed by atoms with Gasteiger partial charge in [-0.15, -0.1) is 17.9 Å². The highest BCUT2D eigenvalue weighted by Crippen LogP contribution is 2.37. The van der Waals surface area contributed by atoms with Gasteiger partial charge in [0.1, 0.15) is 4.21 Å². The van der Waals surface area contributed by atoms with Gasteiger partial charge in [-0.05, 0) is 6.42 Å². The molecule has 1 aromatic rings. The fraction of sp³-hybridized carbons (Fsp3) is 0.400. The molecule has 0 spiro atoms. The largest absolute Gasteiger partial charge is 0.300 e. The van der Waals surface area contributed by atoms with E-state index < -0.39 is 14.9 Å². The number of sulfonamides is 1. The van der Waals surface area contributed by atoms with E-state index in [-0.39, 0.29) is 20.8 Å². The normalized spacial score (nSPS) is 11.7. The summed E-state index contributed by atoms with van der Waals surface area (Å²) in [7, 11) is -3.77. The van der Waals surface area contributed by atoms with E-state index in [2.05, 4.69) is 6.58 Å². The maximum atomic E-state index is 12.3. The molecule has 1 heterocycles. The average molecular weight is 325 g/mol. The Bertz CT molecular complexity index is 582. The maximum absolute atomic E-state index is 12.3. The van der Waals surface area contributed by atoms with Crippen LogP contribution in [0.15, 0.2) is 22.9 Å². The minimum absolute atomic E-state index is 0.125. The Hall–Kier alpha value is -0.960. The lowest BCUT2D eigenvalue weighted by molar-refractivity contribution is -0.384. The monoisotopic (exact) mass is 324 g/mol. The first-order valence-corrected chi connectivity index (χ1v) is 8.02. The van der Waals surface area contributed by atoms with Crippen LogP contribution in [-0.2, 0) is 10.0 Å².